The highest BCUT2D eigenvalue weighted by molar-refractivity contribution is 5.96. The lowest BCUT2D eigenvalue weighted by molar-refractivity contribution is -0.140. The molecule has 1 aliphatic rings. The summed E-state index contributed by atoms with van der Waals surface area (Å²) < 4.78 is 46.4. The van der Waals surface area contributed by atoms with E-state index < -0.39 is 43.3 Å². The first-order chi connectivity index (χ1) is 13.7. The van der Waals surface area contributed by atoms with Crippen molar-refractivity contribution in [1.82, 2.24) is 5.32 Å². The van der Waals surface area contributed by atoms with Crippen LogP contribution < -0.4 is 5.32 Å². The topological polar surface area (TPSA) is 81.7 Å². The van der Waals surface area contributed by atoms with Crippen molar-refractivity contribution in [2.45, 2.75) is 18.7 Å². The van der Waals surface area contributed by atoms with Gasteiger partial charge in [0.2, 0.25) is 0 Å². The molecule has 2 aromatic rings. The third-order valence-corrected chi connectivity index (χ3v) is 4.21. The normalized spacial score (nSPS) is 15.8. The van der Waals surface area contributed by atoms with E-state index >= 15 is 0 Å². The van der Waals surface area contributed by atoms with E-state index in [1.807, 2.05) is 30.3 Å². The summed E-state index contributed by atoms with van der Waals surface area (Å²) >= 11 is 0. The first-order valence-electron chi connectivity index (χ1n) is 8.62. The fourth-order valence-corrected chi connectivity index (χ4v) is 2.84. The molecule has 6 nitrogen and oxygen atoms in total. The summed E-state index contributed by atoms with van der Waals surface area (Å²) in [5.41, 5.74) is 1.78. The molecular weight excluding hydrogens is 391 g/mol. The van der Waals surface area contributed by atoms with Crippen LogP contribution >= 0.6 is 0 Å². The fraction of sp³-hybridized carbons (Fsp3) is 0.250. The molecule has 0 aliphatic carbocycles. The predicted molar refractivity (Wildman–Crippen MR) is 94.1 cm³/mol. The van der Waals surface area contributed by atoms with Gasteiger partial charge in [-0.2, -0.15) is 13.2 Å². The molecule has 152 valence electrons. The highest BCUT2D eigenvalue weighted by Gasteiger charge is 2.29. The van der Waals surface area contributed by atoms with Crippen molar-refractivity contribution < 1.29 is 37.0 Å². The maximum absolute atomic E-state index is 12.2. The summed E-state index contributed by atoms with van der Waals surface area (Å²) in [7, 11) is 0. The molecule has 0 saturated heterocycles. The summed E-state index contributed by atoms with van der Waals surface area (Å²) in [6.45, 7) is -2.36. The average molecular weight is 407 g/mol. The van der Waals surface area contributed by atoms with E-state index in [4.69, 9.17) is 9.47 Å². The van der Waals surface area contributed by atoms with E-state index in [1.54, 1.807) is 5.32 Å². The van der Waals surface area contributed by atoms with E-state index in [2.05, 4.69) is 0 Å². The van der Waals surface area contributed by atoms with E-state index in [9.17, 15) is 27.6 Å². The number of amides is 1. The van der Waals surface area contributed by atoms with Gasteiger partial charge in [0.15, 0.2) is 6.61 Å². The van der Waals surface area contributed by atoms with Crippen LogP contribution in [-0.4, -0.2) is 37.2 Å². The second-order valence-electron chi connectivity index (χ2n) is 6.35. The van der Waals surface area contributed by atoms with Gasteiger partial charge in [0.05, 0.1) is 11.1 Å². The monoisotopic (exact) mass is 407 g/mol. The lowest BCUT2D eigenvalue weighted by Gasteiger charge is -2.25. The number of alkyl halides is 3. The average Bonchev–Trinajstić information content (AvgIpc) is 2.70. The van der Waals surface area contributed by atoms with Crippen LogP contribution in [0.4, 0.5) is 13.2 Å². The summed E-state index contributed by atoms with van der Waals surface area (Å²) in [4.78, 5) is 35.7. The zero-order valence-electron chi connectivity index (χ0n) is 15.0. The van der Waals surface area contributed by atoms with Crippen LogP contribution in [0.5, 0.6) is 0 Å². The van der Waals surface area contributed by atoms with Gasteiger partial charge in [0.1, 0.15) is 12.6 Å². The lowest BCUT2D eigenvalue weighted by Crippen LogP contribution is -2.36. The maximum Gasteiger partial charge on any atom is 0.405 e. The molecule has 0 radical (unpaired) electrons. The Balaban J connectivity index is 1.66. The third-order valence-electron chi connectivity index (χ3n) is 4.21. The Bertz CT molecular complexity index is 927. The van der Waals surface area contributed by atoms with Crippen molar-refractivity contribution >= 4 is 17.8 Å². The molecule has 0 bridgehead atoms. The number of nitrogens with one attached hydrogen (secondary N) is 1. The quantitative estimate of drug-likeness (QED) is 0.771. The number of hydrogen-bond donors (Lipinski definition) is 1. The minimum Gasteiger partial charge on any atom is -0.454 e. The largest absolute Gasteiger partial charge is 0.454 e. The van der Waals surface area contributed by atoms with Gasteiger partial charge >= 0.3 is 18.1 Å². The Kier molecular flexibility index (Phi) is 5.86. The Morgan fingerprint density at radius 2 is 1.86 bits per heavy atom. The van der Waals surface area contributed by atoms with Crippen molar-refractivity contribution in [3.63, 3.8) is 0 Å². The number of halogens is 3. The van der Waals surface area contributed by atoms with Gasteiger partial charge in [0.25, 0.3) is 5.91 Å². The molecule has 0 unspecified atom stereocenters. The molecule has 0 fully saturated rings. The van der Waals surface area contributed by atoms with E-state index in [0.717, 1.165) is 5.56 Å². The number of hydrogen-bond acceptors (Lipinski definition) is 5. The molecule has 1 heterocycles. The number of carbonyl (C=O) groups is 3. The molecule has 3 rings (SSSR count). The summed E-state index contributed by atoms with van der Waals surface area (Å²) in [6.07, 6.45) is -4.71. The van der Waals surface area contributed by atoms with E-state index in [1.165, 1.54) is 18.2 Å². The lowest BCUT2D eigenvalue weighted by atomic mass is 9.93. The molecule has 2 aromatic carbocycles. The highest BCUT2D eigenvalue weighted by Crippen LogP contribution is 2.31. The van der Waals surface area contributed by atoms with Crippen molar-refractivity contribution in [3.8, 4) is 0 Å². The van der Waals surface area contributed by atoms with Crippen molar-refractivity contribution in [2.75, 3.05) is 13.2 Å². The zero-order valence-corrected chi connectivity index (χ0v) is 15.0. The maximum atomic E-state index is 12.2. The van der Waals surface area contributed by atoms with Crippen molar-refractivity contribution in [2.24, 2.45) is 0 Å². The highest BCUT2D eigenvalue weighted by atomic mass is 19.4. The number of benzene rings is 2. The van der Waals surface area contributed by atoms with Gasteiger partial charge in [-0.25, -0.2) is 9.59 Å². The Labute approximate surface area is 163 Å². The van der Waals surface area contributed by atoms with Gasteiger partial charge < -0.3 is 14.8 Å². The van der Waals surface area contributed by atoms with Crippen LogP contribution in [0.1, 0.15) is 37.9 Å². The number of rotatable bonds is 5. The molecule has 1 amide bonds. The van der Waals surface area contributed by atoms with Crippen molar-refractivity contribution in [1.29, 1.82) is 0 Å². The summed E-state index contributed by atoms with van der Waals surface area (Å²) in [6, 6.07) is 13.3. The minimum absolute atomic E-state index is 0.0777. The molecule has 1 N–H and O–H groups in total. The van der Waals surface area contributed by atoms with Gasteiger partial charge in [-0.3, -0.25) is 4.79 Å². The van der Waals surface area contributed by atoms with Crippen LogP contribution in [0.3, 0.4) is 0 Å². The first kappa shape index (κ1) is 20.4. The Morgan fingerprint density at radius 3 is 2.55 bits per heavy atom. The number of esters is 2. The molecule has 0 saturated carbocycles. The predicted octanol–water partition coefficient (Wildman–Crippen LogP) is 2.98. The molecule has 9 heteroatoms. The van der Waals surface area contributed by atoms with Crippen LogP contribution in [0.2, 0.25) is 0 Å². The van der Waals surface area contributed by atoms with Gasteiger partial charge in [-0.1, -0.05) is 30.3 Å². The summed E-state index contributed by atoms with van der Waals surface area (Å²) in [5.74, 6) is -2.47. The van der Waals surface area contributed by atoms with Gasteiger partial charge in [-0.15, -0.1) is 0 Å². The standard InChI is InChI=1S/C20H16F3NO5/c21-20(22,23)11-24-17(25)10-28-18(26)13-6-7-15-14(8-13)9-16(29-19(15)27)12-4-2-1-3-5-12/h1-8,16H,9-11H2,(H,24,25)/t16-/m0/s1. The van der Waals surface area contributed by atoms with E-state index in [-0.39, 0.29) is 5.56 Å². The molecule has 1 atom stereocenters. The number of ether oxygens (including phenoxy) is 2. The number of cyclic esters (lactones) is 1. The molecule has 0 aromatic heterocycles. The molecule has 1 aliphatic heterocycles. The second-order valence-corrected chi connectivity index (χ2v) is 6.35. The minimum atomic E-state index is -4.55. The zero-order chi connectivity index (χ0) is 21.0. The fourth-order valence-electron chi connectivity index (χ4n) is 2.84. The Hall–Kier alpha value is -3.36. The second kappa shape index (κ2) is 8.34. The number of fused-ring (bicyclic) bond motifs is 1. The van der Waals surface area contributed by atoms with Gasteiger partial charge in [-0.05, 0) is 29.3 Å². The van der Waals surface area contributed by atoms with E-state index in [0.29, 0.717) is 17.5 Å². The Morgan fingerprint density at radius 1 is 1.14 bits per heavy atom. The molecular formula is C20H16F3NO5. The van der Waals surface area contributed by atoms with Crippen molar-refractivity contribution in [3.05, 3.63) is 70.8 Å². The smallest absolute Gasteiger partial charge is 0.405 e. The molecule has 29 heavy (non-hydrogen) atoms. The SMILES string of the molecule is O=C(COC(=O)c1ccc2c(c1)C[C@@H](c1ccccc1)OC2=O)NCC(F)(F)F. The van der Waals surface area contributed by atoms with Crippen LogP contribution in [0.15, 0.2) is 48.5 Å². The molecule has 0 spiro atoms. The van der Waals surface area contributed by atoms with Crippen LogP contribution in [-0.2, 0) is 20.7 Å². The van der Waals surface area contributed by atoms with Crippen LogP contribution in [0, 0.1) is 0 Å². The summed E-state index contributed by atoms with van der Waals surface area (Å²) in [5, 5.41) is 1.61. The number of carbonyl (C=O) groups excluding carboxylic acids is 3. The third kappa shape index (κ3) is 5.34. The first-order valence-corrected chi connectivity index (χ1v) is 8.62. The van der Waals surface area contributed by atoms with Crippen LogP contribution in [0.25, 0.3) is 0 Å². The van der Waals surface area contributed by atoms with Gasteiger partial charge in [0, 0.05) is 6.42 Å².